The number of amides is 1. The minimum atomic E-state index is -0.242. The summed E-state index contributed by atoms with van der Waals surface area (Å²) in [6.07, 6.45) is 1.79. The third-order valence-electron chi connectivity index (χ3n) is 5.57. The molecule has 0 fully saturated rings. The van der Waals surface area contributed by atoms with Gasteiger partial charge in [-0.05, 0) is 43.7 Å². The van der Waals surface area contributed by atoms with Crippen LogP contribution in [-0.4, -0.2) is 34.7 Å². The topological polar surface area (TPSA) is 119 Å². The van der Waals surface area contributed by atoms with Crippen molar-refractivity contribution in [1.29, 1.82) is 0 Å². The minimum Gasteiger partial charge on any atom is -0.326 e. The summed E-state index contributed by atoms with van der Waals surface area (Å²) in [5.74, 6) is -0.209. The SMILES string of the molecule is Cc1nc2cc(=O)[nH]n2c(C)c1CC(=O)Nc1cccc(Cn2nc3ccccn3c2=O)c1. The van der Waals surface area contributed by atoms with Crippen molar-refractivity contribution in [2.24, 2.45) is 0 Å². The van der Waals surface area contributed by atoms with Crippen LogP contribution in [0.3, 0.4) is 0 Å². The van der Waals surface area contributed by atoms with Crippen molar-refractivity contribution in [1.82, 2.24) is 28.8 Å². The first-order valence-electron chi connectivity index (χ1n) is 10.4. The molecule has 0 saturated heterocycles. The fourth-order valence-electron chi connectivity index (χ4n) is 3.97. The van der Waals surface area contributed by atoms with E-state index < -0.39 is 0 Å². The predicted octanol–water partition coefficient (Wildman–Crippen LogP) is 1.68. The van der Waals surface area contributed by atoms with Crippen LogP contribution in [0.15, 0.2) is 64.3 Å². The highest BCUT2D eigenvalue weighted by atomic mass is 16.2. The van der Waals surface area contributed by atoms with E-state index in [9.17, 15) is 14.4 Å². The molecule has 0 saturated carbocycles. The number of anilines is 1. The van der Waals surface area contributed by atoms with Gasteiger partial charge in [0, 0.05) is 34.9 Å². The molecule has 10 heteroatoms. The molecule has 33 heavy (non-hydrogen) atoms. The van der Waals surface area contributed by atoms with Gasteiger partial charge in [-0.1, -0.05) is 18.2 Å². The Bertz CT molecular complexity index is 1640. The zero-order valence-electron chi connectivity index (χ0n) is 18.1. The van der Waals surface area contributed by atoms with Gasteiger partial charge in [0.2, 0.25) is 5.91 Å². The number of hydrogen-bond acceptors (Lipinski definition) is 5. The molecule has 0 radical (unpaired) electrons. The number of pyridine rings is 1. The zero-order chi connectivity index (χ0) is 23.1. The number of H-pyrrole nitrogens is 1. The third kappa shape index (κ3) is 3.82. The molecule has 4 aromatic heterocycles. The van der Waals surface area contributed by atoms with E-state index >= 15 is 0 Å². The smallest absolute Gasteiger partial charge is 0.326 e. The Labute approximate surface area is 187 Å². The van der Waals surface area contributed by atoms with Crippen molar-refractivity contribution in [3.05, 3.63) is 98.1 Å². The number of fused-ring (bicyclic) bond motifs is 2. The molecule has 0 unspecified atom stereocenters. The number of carbonyl (C=O) groups is 1. The summed E-state index contributed by atoms with van der Waals surface area (Å²) < 4.78 is 4.46. The lowest BCUT2D eigenvalue weighted by atomic mass is 10.1. The van der Waals surface area contributed by atoms with Crippen LogP contribution in [0.5, 0.6) is 0 Å². The number of nitrogens with one attached hydrogen (secondary N) is 2. The Morgan fingerprint density at radius 2 is 1.91 bits per heavy atom. The lowest BCUT2D eigenvalue weighted by Crippen LogP contribution is -2.21. The van der Waals surface area contributed by atoms with Gasteiger partial charge in [0.15, 0.2) is 11.3 Å². The van der Waals surface area contributed by atoms with Crippen LogP contribution in [0, 0.1) is 13.8 Å². The number of rotatable bonds is 5. The van der Waals surface area contributed by atoms with E-state index in [0.29, 0.717) is 22.7 Å². The fourth-order valence-corrected chi connectivity index (χ4v) is 3.97. The molecule has 10 nitrogen and oxygen atoms in total. The quantitative estimate of drug-likeness (QED) is 0.428. The highest BCUT2D eigenvalue weighted by Crippen LogP contribution is 2.16. The molecule has 2 N–H and O–H groups in total. The molecule has 1 amide bonds. The van der Waals surface area contributed by atoms with E-state index in [0.717, 1.165) is 16.8 Å². The van der Waals surface area contributed by atoms with Gasteiger partial charge in [-0.25, -0.2) is 19.0 Å². The van der Waals surface area contributed by atoms with Gasteiger partial charge in [-0.2, -0.15) is 0 Å². The number of aryl methyl sites for hydroxylation is 2. The molecule has 5 aromatic rings. The average Bonchev–Trinajstić information content (AvgIpc) is 3.31. The van der Waals surface area contributed by atoms with Crippen molar-refractivity contribution >= 4 is 22.9 Å². The number of aromatic nitrogens is 6. The van der Waals surface area contributed by atoms with Crippen LogP contribution in [-0.2, 0) is 17.8 Å². The summed E-state index contributed by atoms with van der Waals surface area (Å²) in [5, 5.41) is 9.94. The number of aromatic amines is 1. The van der Waals surface area contributed by atoms with Crippen molar-refractivity contribution in [2.45, 2.75) is 26.8 Å². The molecular weight excluding hydrogens is 422 g/mol. The highest BCUT2D eigenvalue weighted by molar-refractivity contribution is 5.92. The van der Waals surface area contributed by atoms with E-state index in [1.54, 1.807) is 28.9 Å². The monoisotopic (exact) mass is 443 g/mol. The fraction of sp³-hybridized carbons (Fsp3) is 0.174. The lowest BCUT2D eigenvalue weighted by molar-refractivity contribution is -0.115. The molecular formula is C23H21N7O3. The molecule has 0 atom stereocenters. The first kappa shape index (κ1) is 20.4. The Kier molecular flexibility index (Phi) is 4.89. The van der Waals surface area contributed by atoms with Crippen LogP contribution in [0.25, 0.3) is 11.3 Å². The summed E-state index contributed by atoms with van der Waals surface area (Å²) in [6.45, 7) is 3.94. The number of nitrogens with zero attached hydrogens (tertiary/aromatic N) is 5. The molecule has 0 bridgehead atoms. The largest absolute Gasteiger partial charge is 0.350 e. The Balaban J connectivity index is 1.35. The zero-order valence-corrected chi connectivity index (χ0v) is 18.1. The Morgan fingerprint density at radius 1 is 1.06 bits per heavy atom. The number of hydrogen-bond donors (Lipinski definition) is 2. The van der Waals surface area contributed by atoms with Crippen LogP contribution < -0.4 is 16.6 Å². The summed E-state index contributed by atoms with van der Waals surface area (Å²) in [4.78, 5) is 41.4. The third-order valence-corrected chi connectivity index (χ3v) is 5.57. The average molecular weight is 443 g/mol. The Morgan fingerprint density at radius 3 is 2.73 bits per heavy atom. The van der Waals surface area contributed by atoms with Gasteiger partial charge < -0.3 is 5.32 Å². The first-order chi connectivity index (χ1) is 15.9. The van der Waals surface area contributed by atoms with Gasteiger partial charge >= 0.3 is 5.69 Å². The summed E-state index contributed by atoms with van der Waals surface area (Å²) in [6, 6.07) is 14.1. The maximum absolute atomic E-state index is 12.8. The summed E-state index contributed by atoms with van der Waals surface area (Å²) in [7, 11) is 0. The van der Waals surface area contributed by atoms with Crippen molar-refractivity contribution in [3.8, 4) is 0 Å². The van der Waals surface area contributed by atoms with Crippen molar-refractivity contribution in [3.63, 3.8) is 0 Å². The van der Waals surface area contributed by atoms with E-state index in [1.165, 1.54) is 15.1 Å². The van der Waals surface area contributed by atoms with Crippen LogP contribution in [0.1, 0.15) is 22.5 Å². The highest BCUT2D eigenvalue weighted by Gasteiger charge is 2.15. The normalized spacial score (nSPS) is 11.3. The summed E-state index contributed by atoms with van der Waals surface area (Å²) >= 11 is 0. The first-order valence-corrected chi connectivity index (χ1v) is 10.4. The maximum Gasteiger partial charge on any atom is 0.350 e. The molecule has 0 aliphatic heterocycles. The molecule has 5 rings (SSSR count). The standard InChI is InChI=1S/C23H21N7O3/c1-14-18(15(2)30-20(24-14)12-22(32)27-30)11-21(31)25-17-7-5-6-16(10-17)13-29-23(33)28-9-4-3-8-19(28)26-29/h3-10,12H,11,13H2,1-2H3,(H,25,31)(H,27,32). The van der Waals surface area contributed by atoms with Gasteiger partial charge in [-0.15, -0.1) is 5.10 Å². The van der Waals surface area contributed by atoms with E-state index in [-0.39, 0.29) is 30.1 Å². The van der Waals surface area contributed by atoms with E-state index in [1.807, 2.05) is 38.1 Å². The molecule has 0 aliphatic carbocycles. The maximum atomic E-state index is 12.8. The van der Waals surface area contributed by atoms with E-state index in [2.05, 4.69) is 20.5 Å². The molecule has 1 aromatic carbocycles. The number of benzene rings is 1. The molecule has 166 valence electrons. The number of carbonyl (C=O) groups excluding carboxylic acids is 1. The van der Waals surface area contributed by atoms with Crippen LogP contribution in [0.2, 0.25) is 0 Å². The van der Waals surface area contributed by atoms with Gasteiger partial charge in [0.25, 0.3) is 5.56 Å². The minimum absolute atomic E-state index is 0.108. The molecule has 0 spiro atoms. The van der Waals surface area contributed by atoms with Gasteiger partial charge in [0.1, 0.15) is 0 Å². The van der Waals surface area contributed by atoms with Crippen LogP contribution in [0.4, 0.5) is 5.69 Å². The lowest BCUT2D eigenvalue weighted by Gasteiger charge is -2.12. The van der Waals surface area contributed by atoms with Crippen molar-refractivity contribution < 1.29 is 4.79 Å². The van der Waals surface area contributed by atoms with Crippen LogP contribution >= 0.6 is 0 Å². The van der Waals surface area contributed by atoms with E-state index in [4.69, 9.17) is 0 Å². The molecule has 4 heterocycles. The van der Waals surface area contributed by atoms with Crippen molar-refractivity contribution in [2.75, 3.05) is 5.32 Å². The molecule has 0 aliphatic rings. The van der Waals surface area contributed by atoms with Gasteiger partial charge in [-0.3, -0.25) is 19.1 Å². The Hall–Kier alpha value is -4.47. The second kappa shape index (κ2) is 7.90. The second-order valence-corrected chi connectivity index (χ2v) is 7.87. The second-order valence-electron chi connectivity index (χ2n) is 7.87. The summed E-state index contributed by atoms with van der Waals surface area (Å²) in [5.41, 5.74) is 4.29. The van der Waals surface area contributed by atoms with Gasteiger partial charge in [0.05, 0.1) is 13.0 Å². The predicted molar refractivity (Wildman–Crippen MR) is 123 cm³/mol.